The topological polar surface area (TPSA) is 133 Å². The van der Waals surface area contributed by atoms with Crippen molar-refractivity contribution >= 4 is 31.6 Å². The van der Waals surface area contributed by atoms with E-state index >= 15 is 0 Å². The summed E-state index contributed by atoms with van der Waals surface area (Å²) in [6.07, 6.45) is 0. The summed E-state index contributed by atoms with van der Waals surface area (Å²) in [6.45, 7) is 7.01. The van der Waals surface area contributed by atoms with Crippen molar-refractivity contribution in [1.29, 1.82) is 0 Å². The van der Waals surface area contributed by atoms with Crippen LogP contribution in [-0.4, -0.2) is 25.9 Å². The highest BCUT2D eigenvalue weighted by Gasteiger charge is 2.23. The Kier molecular flexibility index (Phi) is 5.34. The fourth-order valence-electron chi connectivity index (χ4n) is 2.38. The molecule has 2 aromatic carbocycles. The Morgan fingerprint density at radius 3 is 1.62 bits per heavy atom. The molecule has 0 radical (unpaired) electrons. The third-order valence-electron chi connectivity index (χ3n) is 3.89. The summed E-state index contributed by atoms with van der Waals surface area (Å²) in [7, 11) is -9.46. The van der Waals surface area contributed by atoms with Crippen LogP contribution in [0.3, 0.4) is 0 Å². The van der Waals surface area contributed by atoms with Gasteiger partial charge in [0.05, 0.1) is 10.6 Å². The predicted molar refractivity (Wildman–Crippen MR) is 95.6 cm³/mol. The second kappa shape index (κ2) is 6.88. The lowest BCUT2D eigenvalue weighted by Crippen LogP contribution is -2.05. The minimum absolute atomic E-state index is 0.0608. The molecule has 8 nitrogen and oxygen atoms in total. The summed E-state index contributed by atoms with van der Waals surface area (Å²) in [5.41, 5.74) is 3.17. The van der Waals surface area contributed by atoms with Crippen molar-refractivity contribution < 1.29 is 25.9 Å². The Morgan fingerprint density at radius 1 is 0.615 bits per heavy atom. The SMILES string of the molecule is Cc1cc(C)c(N=Nc2cc(C)c(S(=O)(=O)O)cc2S(=O)(=O)O)cc1C. The Bertz CT molecular complexity index is 1120. The van der Waals surface area contributed by atoms with Crippen LogP contribution < -0.4 is 0 Å². The van der Waals surface area contributed by atoms with Crippen molar-refractivity contribution in [2.75, 3.05) is 0 Å². The van der Waals surface area contributed by atoms with Crippen LogP contribution in [0, 0.1) is 27.7 Å². The lowest BCUT2D eigenvalue weighted by molar-refractivity contribution is 0.481. The first-order valence-electron chi connectivity index (χ1n) is 7.40. The minimum Gasteiger partial charge on any atom is -0.282 e. The van der Waals surface area contributed by atoms with Crippen LogP contribution in [0.25, 0.3) is 0 Å². The second-order valence-corrected chi connectivity index (χ2v) is 8.74. The van der Waals surface area contributed by atoms with Crippen LogP contribution in [0.15, 0.2) is 44.3 Å². The normalized spacial score (nSPS) is 12.7. The van der Waals surface area contributed by atoms with E-state index in [9.17, 15) is 25.9 Å². The first-order chi connectivity index (χ1) is 11.8. The van der Waals surface area contributed by atoms with Crippen LogP contribution in [-0.2, 0) is 20.2 Å². The third kappa shape index (κ3) is 4.33. The third-order valence-corrected chi connectivity index (χ3v) is 5.77. The molecule has 2 N–H and O–H groups in total. The summed E-state index contributed by atoms with van der Waals surface area (Å²) in [4.78, 5) is -1.40. The standard InChI is InChI=1S/C16H18N2O6S2/c1-9-5-11(3)13(6-10(9)2)17-18-14-7-12(4)15(25(19,20)21)8-16(14)26(22,23)24/h5-8H,1-4H3,(H,19,20,21)(H,22,23,24). The molecule has 0 saturated carbocycles. The first-order valence-corrected chi connectivity index (χ1v) is 10.3. The minimum atomic E-state index is -4.79. The number of hydrogen-bond donors (Lipinski definition) is 2. The van der Waals surface area contributed by atoms with Gasteiger partial charge in [-0.1, -0.05) is 6.07 Å². The molecule has 0 spiro atoms. The number of nitrogens with zero attached hydrogens (tertiary/aromatic N) is 2. The molecule has 0 atom stereocenters. The molecule has 0 aliphatic heterocycles. The average Bonchev–Trinajstić information content (AvgIpc) is 2.47. The van der Waals surface area contributed by atoms with Gasteiger partial charge in [0.2, 0.25) is 0 Å². The molecule has 2 rings (SSSR count). The van der Waals surface area contributed by atoms with Gasteiger partial charge < -0.3 is 0 Å². The molecule has 140 valence electrons. The zero-order valence-electron chi connectivity index (χ0n) is 14.5. The number of rotatable bonds is 4. The Balaban J connectivity index is 2.67. The molecule has 0 aliphatic rings. The van der Waals surface area contributed by atoms with E-state index in [1.165, 1.54) is 6.92 Å². The van der Waals surface area contributed by atoms with Crippen molar-refractivity contribution in [3.63, 3.8) is 0 Å². The fourth-order valence-corrected chi connectivity index (χ4v) is 3.82. The lowest BCUT2D eigenvalue weighted by atomic mass is 10.1. The van der Waals surface area contributed by atoms with E-state index < -0.39 is 30.0 Å². The molecule has 0 unspecified atom stereocenters. The van der Waals surface area contributed by atoms with Crippen molar-refractivity contribution in [2.45, 2.75) is 37.5 Å². The largest absolute Gasteiger partial charge is 0.296 e. The molecule has 0 fully saturated rings. The monoisotopic (exact) mass is 398 g/mol. The molecule has 0 heterocycles. The van der Waals surface area contributed by atoms with Gasteiger partial charge >= 0.3 is 0 Å². The van der Waals surface area contributed by atoms with Crippen molar-refractivity contribution in [1.82, 2.24) is 0 Å². The number of benzene rings is 2. The van der Waals surface area contributed by atoms with Crippen LogP contribution in [0.2, 0.25) is 0 Å². The van der Waals surface area contributed by atoms with E-state index in [-0.39, 0.29) is 11.3 Å². The maximum atomic E-state index is 11.6. The highest BCUT2D eigenvalue weighted by Crippen LogP contribution is 2.32. The van der Waals surface area contributed by atoms with Gasteiger partial charge in [0.25, 0.3) is 20.2 Å². The van der Waals surface area contributed by atoms with Gasteiger partial charge in [-0.2, -0.15) is 21.9 Å². The zero-order valence-corrected chi connectivity index (χ0v) is 16.2. The summed E-state index contributed by atoms with van der Waals surface area (Å²) in [5.74, 6) is 0. The average molecular weight is 398 g/mol. The van der Waals surface area contributed by atoms with Crippen molar-refractivity contribution in [2.24, 2.45) is 10.2 Å². The first kappa shape index (κ1) is 20.2. The number of azo groups is 1. The van der Waals surface area contributed by atoms with Gasteiger partial charge in [0.1, 0.15) is 10.6 Å². The maximum absolute atomic E-state index is 11.6. The Hall–Kier alpha value is -2.14. The number of hydrogen-bond acceptors (Lipinski definition) is 6. The van der Waals surface area contributed by atoms with E-state index in [2.05, 4.69) is 10.2 Å². The van der Waals surface area contributed by atoms with Crippen molar-refractivity contribution in [3.8, 4) is 0 Å². The van der Waals surface area contributed by atoms with E-state index in [0.717, 1.165) is 22.8 Å². The molecule has 0 bridgehead atoms. The molecule has 2 aromatic rings. The van der Waals surface area contributed by atoms with Crippen LogP contribution in [0.5, 0.6) is 0 Å². The molecular weight excluding hydrogens is 380 g/mol. The molecule has 0 saturated heterocycles. The van der Waals surface area contributed by atoms with Crippen LogP contribution in [0.1, 0.15) is 22.3 Å². The van der Waals surface area contributed by atoms with Gasteiger partial charge in [0.15, 0.2) is 0 Å². The van der Waals surface area contributed by atoms with Crippen molar-refractivity contribution in [3.05, 3.63) is 46.5 Å². The molecule has 0 amide bonds. The van der Waals surface area contributed by atoms with Gasteiger partial charge in [-0.25, -0.2) is 0 Å². The molecular formula is C16H18N2O6S2. The van der Waals surface area contributed by atoms with E-state index in [1.807, 2.05) is 26.8 Å². The van der Waals surface area contributed by atoms with E-state index in [4.69, 9.17) is 0 Å². The van der Waals surface area contributed by atoms with Gasteiger partial charge in [-0.15, -0.1) is 5.11 Å². The molecule has 26 heavy (non-hydrogen) atoms. The Labute approximate surface area is 152 Å². The highest BCUT2D eigenvalue weighted by molar-refractivity contribution is 7.86. The summed E-state index contributed by atoms with van der Waals surface area (Å²) >= 11 is 0. The molecule has 0 aromatic heterocycles. The van der Waals surface area contributed by atoms with Gasteiger partial charge in [0, 0.05) is 0 Å². The fraction of sp³-hybridized carbons (Fsp3) is 0.250. The van der Waals surface area contributed by atoms with E-state index in [1.54, 1.807) is 6.07 Å². The van der Waals surface area contributed by atoms with Gasteiger partial charge in [-0.05, 0) is 68.1 Å². The summed E-state index contributed by atoms with van der Waals surface area (Å²) in [5, 5.41) is 7.89. The van der Waals surface area contributed by atoms with Gasteiger partial charge in [-0.3, -0.25) is 9.11 Å². The summed E-state index contributed by atoms with van der Waals surface area (Å²) < 4.78 is 64.5. The highest BCUT2D eigenvalue weighted by atomic mass is 32.2. The number of aryl methyl sites for hydroxylation is 4. The van der Waals surface area contributed by atoms with E-state index in [0.29, 0.717) is 11.8 Å². The summed E-state index contributed by atoms with van der Waals surface area (Å²) in [6, 6.07) is 5.45. The quantitative estimate of drug-likeness (QED) is 0.594. The Morgan fingerprint density at radius 2 is 1.08 bits per heavy atom. The predicted octanol–water partition coefficient (Wildman–Crippen LogP) is 3.83. The molecule has 10 heteroatoms. The second-order valence-electron chi connectivity index (χ2n) is 5.96. The van der Waals surface area contributed by atoms with Crippen LogP contribution in [0.4, 0.5) is 11.4 Å². The smallest absolute Gasteiger partial charge is 0.282 e. The molecule has 0 aliphatic carbocycles. The van der Waals surface area contributed by atoms with Crippen LogP contribution >= 0.6 is 0 Å². The lowest BCUT2D eigenvalue weighted by Gasteiger charge is -2.08. The zero-order chi connectivity index (χ0) is 19.9. The maximum Gasteiger partial charge on any atom is 0.296 e.